The Morgan fingerprint density at radius 3 is 2.90 bits per heavy atom. The molecule has 8 nitrogen and oxygen atoms in total. The monoisotopic (exact) mass is 385 g/mol. The van der Waals surface area contributed by atoms with E-state index >= 15 is 0 Å². The molecule has 0 amide bonds. The van der Waals surface area contributed by atoms with Gasteiger partial charge in [-0.3, -0.25) is 9.97 Å². The number of rotatable bonds is 0. The lowest BCUT2D eigenvalue weighted by Gasteiger charge is -2.02. The maximum Gasteiger partial charge on any atom is 0.231 e. The Bertz CT molecular complexity index is 1360. The number of ether oxygens (including phenoxy) is 2. The second-order valence-corrected chi connectivity index (χ2v) is 6.11. The molecule has 0 fully saturated rings. The topological polar surface area (TPSA) is 99.0 Å². The first-order valence-electron chi connectivity index (χ1n) is 8.86. The van der Waals surface area contributed by atoms with Crippen molar-refractivity contribution >= 4 is 33.0 Å². The molecule has 1 N–H and O–H groups in total. The van der Waals surface area contributed by atoms with Gasteiger partial charge in [-0.25, -0.2) is 9.97 Å². The number of H-pyrrole nitrogens is 1. The van der Waals surface area contributed by atoms with Crippen LogP contribution in [0.25, 0.3) is 33.0 Å². The predicted octanol–water partition coefficient (Wildman–Crippen LogP) is 4.19. The van der Waals surface area contributed by atoms with E-state index in [2.05, 4.69) is 24.9 Å². The number of benzene rings is 2. The summed E-state index contributed by atoms with van der Waals surface area (Å²) in [5, 5.41) is 1.62. The minimum absolute atomic E-state index is 0.161. The van der Waals surface area contributed by atoms with E-state index in [0.717, 1.165) is 16.3 Å². The van der Waals surface area contributed by atoms with Crippen molar-refractivity contribution < 1.29 is 13.9 Å². The highest BCUT2D eigenvalue weighted by molar-refractivity contribution is 5.95. The second-order valence-electron chi connectivity index (χ2n) is 6.11. The average Bonchev–Trinajstić information content (AvgIpc) is 3.22. The largest absolute Gasteiger partial charge is 0.465 e. The number of aromatic amines is 1. The van der Waals surface area contributed by atoms with Crippen LogP contribution in [-0.4, -0.2) is 31.7 Å². The van der Waals surface area contributed by atoms with Gasteiger partial charge < -0.3 is 18.9 Å². The highest BCUT2D eigenvalue weighted by Gasteiger charge is 2.16. The molecule has 5 rings (SSSR count). The summed E-state index contributed by atoms with van der Waals surface area (Å²) >= 11 is 0. The molecule has 3 heterocycles. The summed E-state index contributed by atoms with van der Waals surface area (Å²) in [5.41, 5.74) is 2.76. The van der Waals surface area contributed by atoms with Crippen molar-refractivity contribution in [3.05, 3.63) is 73.8 Å². The minimum Gasteiger partial charge on any atom is -0.465 e. The summed E-state index contributed by atoms with van der Waals surface area (Å²) in [6.07, 6.45) is 9.57. The second kappa shape index (κ2) is 7.43. The minimum atomic E-state index is 0.161. The zero-order valence-electron chi connectivity index (χ0n) is 15.1. The summed E-state index contributed by atoms with van der Waals surface area (Å²) < 4.78 is 16.9. The van der Waals surface area contributed by atoms with Gasteiger partial charge >= 0.3 is 0 Å². The highest BCUT2D eigenvalue weighted by Crippen LogP contribution is 2.37. The van der Waals surface area contributed by atoms with Gasteiger partial charge in [0.15, 0.2) is 11.5 Å². The van der Waals surface area contributed by atoms with Gasteiger partial charge in [0.1, 0.15) is 17.6 Å². The molecule has 0 unspecified atom stereocenters. The molecule has 1 aliphatic heterocycles. The first-order chi connectivity index (χ1) is 14.4. The first-order valence-corrected chi connectivity index (χ1v) is 8.86. The van der Waals surface area contributed by atoms with Crippen LogP contribution in [0.15, 0.2) is 78.2 Å². The van der Waals surface area contributed by atoms with Gasteiger partial charge in [-0.15, -0.1) is 0 Å². The van der Waals surface area contributed by atoms with Crippen molar-refractivity contribution in [2.75, 3.05) is 6.79 Å². The van der Waals surface area contributed by atoms with E-state index in [0.29, 0.717) is 28.2 Å². The molecule has 2 aromatic carbocycles. The fourth-order valence-corrected chi connectivity index (χ4v) is 3.00. The summed E-state index contributed by atoms with van der Waals surface area (Å²) in [6.45, 7) is 0.161. The third-order valence-electron chi connectivity index (χ3n) is 4.33. The van der Waals surface area contributed by atoms with Crippen LogP contribution in [-0.2, 0) is 0 Å². The summed E-state index contributed by atoms with van der Waals surface area (Å²) in [4.78, 5) is 20.5. The van der Waals surface area contributed by atoms with E-state index < -0.39 is 0 Å². The van der Waals surface area contributed by atoms with E-state index in [4.69, 9.17) is 13.9 Å². The standard InChI is InChI=1S/C21H15N5O3/c1-6-22-7-8-23-11-14-2-5-18-20(29-13-28-18)19(14)26-21-16-10-15(27-9-1)3-4-17(16)24-12-25-21/h1-12H,13H2,(H,24,25,26). The van der Waals surface area contributed by atoms with Crippen LogP contribution >= 0.6 is 0 Å². The zero-order chi connectivity index (χ0) is 19.5. The van der Waals surface area contributed by atoms with Gasteiger partial charge in [0.25, 0.3) is 0 Å². The van der Waals surface area contributed by atoms with Crippen LogP contribution < -0.4 is 9.47 Å². The van der Waals surface area contributed by atoms with Gasteiger partial charge in [-0.1, -0.05) is 0 Å². The molecular formula is C21H15N5O3. The maximum absolute atomic E-state index is 5.69. The summed E-state index contributed by atoms with van der Waals surface area (Å²) in [5.74, 6) is 1.27. The number of aromatic nitrogens is 5. The van der Waals surface area contributed by atoms with Crippen molar-refractivity contribution in [3.8, 4) is 11.5 Å². The molecule has 1 aliphatic rings. The van der Waals surface area contributed by atoms with Gasteiger partial charge in [0, 0.05) is 35.6 Å². The molecule has 0 saturated heterocycles. The van der Waals surface area contributed by atoms with Gasteiger partial charge in [0.05, 0.1) is 17.3 Å². The third-order valence-corrected chi connectivity index (χ3v) is 4.33. The summed E-state index contributed by atoms with van der Waals surface area (Å²) in [7, 11) is 0. The molecule has 8 heteroatoms. The fourth-order valence-electron chi connectivity index (χ4n) is 3.00. The SMILES string of the molecule is c1cnccncc2ccc3c(c2[nH]c2ncnc4ccc(cc42)oc1)OCO3. The van der Waals surface area contributed by atoms with Crippen molar-refractivity contribution in [3.63, 3.8) is 0 Å². The Morgan fingerprint density at radius 2 is 1.90 bits per heavy atom. The molecule has 4 aromatic rings. The number of nitrogens with one attached hydrogen (secondary N) is 1. The van der Waals surface area contributed by atoms with E-state index in [1.807, 2.05) is 30.3 Å². The first kappa shape index (κ1) is 16.9. The highest BCUT2D eigenvalue weighted by atomic mass is 16.7. The van der Waals surface area contributed by atoms with Crippen molar-refractivity contribution in [1.29, 1.82) is 0 Å². The normalized spacial score (nSPS) is 11.9. The van der Waals surface area contributed by atoms with Crippen LogP contribution in [0.4, 0.5) is 0 Å². The molecular weight excluding hydrogens is 370 g/mol. The van der Waals surface area contributed by atoms with Gasteiger partial charge in [0.2, 0.25) is 6.79 Å². The molecule has 2 aromatic heterocycles. The van der Waals surface area contributed by atoms with E-state index in [1.54, 1.807) is 37.1 Å². The Labute approximate surface area is 164 Å². The fraction of sp³-hybridized carbons (Fsp3) is 0.0476. The number of hydrogen-bond acceptors (Lipinski definition) is 7. The molecule has 0 spiro atoms. The Kier molecular flexibility index (Phi) is 4.34. The molecule has 0 aliphatic carbocycles. The summed E-state index contributed by atoms with van der Waals surface area (Å²) in [6, 6.07) is 11.0. The molecule has 0 radical (unpaired) electrons. The molecule has 0 saturated carbocycles. The number of nitrogens with zero attached hydrogens (tertiary/aromatic N) is 4. The van der Waals surface area contributed by atoms with E-state index in [1.165, 1.54) is 6.33 Å². The third kappa shape index (κ3) is 3.39. The van der Waals surface area contributed by atoms with Crippen LogP contribution in [0.2, 0.25) is 0 Å². The van der Waals surface area contributed by atoms with E-state index in [-0.39, 0.29) is 6.79 Å². The number of fused-ring (bicyclic) bond motifs is 4. The van der Waals surface area contributed by atoms with Gasteiger partial charge in [-0.2, -0.15) is 0 Å². The lowest BCUT2D eigenvalue weighted by atomic mass is 10.2. The molecule has 29 heavy (non-hydrogen) atoms. The van der Waals surface area contributed by atoms with Gasteiger partial charge in [-0.05, 0) is 36.4 Å². The molecule has 142 valence electrons. The Balaban J connectivity index is 1.94. The van der Waals surface area contributed by atoms with Crippen LogP contribution in [0.5, 0.6) is 11.5 Å². The lowest BCUT2D eigenvalue weighted by Crippen LogP contribution is -1.93. The smallest absolute Gasteiger partial charge is 0.231 e. The lowest BCUT2D eigenvalue weighted by molar-refractivity contribution is 0.174. The molecule has 2 bridgehead atoms. The van der Waals surface area contributed by atoms with Crippen LogP contribution in [0.3, 0.4) is 0 Å². The van der Waals surface area contributed by atoms with Crippen molar-refractivity contribution in [2.45, 2.75) is 0 Å². The molecule has 0 atom stereocenters. The quantitative estimate of drug-likeness (QED) is 0.484. The van der Waals surface area contributed by atoms with Crippen LogP contribution in [0, 0.1) is 0 Å². The zero-order valence-corrected chi connectivity index (χ0v) is 15.1. The Morgan fingerprint density at radius 1 is 0.931 bits per heavy atom. The van der Waals surface area contributed by atoms with Crippen LogP contribution in [0.1, 0.15) is 0 Å². The Hall–Kier alpha value is -4.20. The van der Waals surface area contributed by atoms with E-state index in [9.17, 15) is 0 Å². The maximum atomic E-state index is 5.69. The predicted molar refractivity (Wildman–Crippen MR) is 107 cm³/mol. The van der Waals surface area contributed by atoms with Crippen molar-refractivity contribution in [2.24, 2.45) is 0 Å². The number of hydrogen-bond donors (Lipinski definition) is 1. The van der Waals surface area contributed by atoms with Crippen molar-refractivity contribution in [1.82, 2.24) is 24.9 Å². The average molecular weight is 385 g/mol.